The van der Waals surface area contributed by atoms with Crippen LogP contribution in [0, 0.1) is 35.1 Å². The number of hydrogen-bond donors (Lipinski definition) is 3. The maximum Gasteiger partial charge on any atom is 0.238 e. The van der Waals surface area contributed by atoms with Crippen molar-refractivity contribution in [1.82, 2.24) is 49.5 Å². The molecule has 2 aromatic carbocycles. The van der Waals surface area contributed by atoms with Crippen molar-refractivity contribution >= 4 is 33.8 Å². The summed E-state index contributed by atoms with van der Waals surface area (Å²) in [5, 5.41) is 8.44. The van der Waals surface area contributed by atoms with Gasteiger partial charge in [-0.3, -0.25) is 14.2 Å². The zero-order valence-corrected chi connectivity index (χ0v) is 37.9. The number of nitrogens with one attached hydrogen (secondary N) is 2. The molecule has 0 spiro atoms. The van der Waals surface area contributed by atoms with Crippen LogP contribution in [0.25, 0.3) is 55.6 Å². The Morgan fingerprint density at radius 3 is 1.88 bits per heavy atom. The fourth-order valence-electron chi connectivity index (χ4n) is 7.53. The fraction of sp³-hybridized carbons (Fsp3) is 0.204. The molecule has 20 heteroatoms. The van der Waals surface area contributed by atoms with E-state index in [4.69, 9.17) is 24.7 Å². The van der Waals surface area contributed by atoms with Crippen LogP contribution in [-0.4, -0.2) is 83.1 Å². The van der Waals surface area contributed by atoms with Gasteiger partial charge < -0.3 is 34.6 Å². The highest BCUT2D eigenvalue weighted by Crippen LogP contribution is 2.38. The zero-order valence-electron chi connectivity index (χ0n) is 37.9. The molecule has 7 heterocycles. The molecule has 4 N–H and O–H groups in total. The molecule has 69 heavy (non-hydrogen) atoms. The van der Waals surface area contributed by atoms with Gasteiger partial charge in [-0.15, -0.1) is 0 Å². The number of carbonyl (C=O) groups excluding carboxylic acids is 1. The van der Waals surface area contributed by atoms with Gasteiger partial charge in [0.1, 0.15) is 53.8 Å². The van der Waals surface area contributed by atoms with Gasteiger partial charge in [-0.25, -0.2) is 37.5 Å². The Labute approximate surface area is 391 Å². The number of Topliss-reactive ketones (excluding diaryl/α,β-unsaturated/α-hetero) is 1. The van der Waals surface area contributed by atoms with Gasteiger partial charge in [0, 0.05) is 93.3 Å². The summed E-state index contributed by atoms with van der Waals surface area (Å²) in [5.41, 5.74) is 7.76. The molecule has 2 atom stereocenters. The summed E-state index contributed by atoms with van der Waals surface area (Å²) in [4.78, 5) is 36.1. The third kappa shape index (κ3) is 9.70. The number of pyridine rings is 2. The first-order chi connectivity index (χ1) is 33.1. The third-order valence-electron chi connectivity index (χ3n) is 11.2. The number of aryl methyl sites for hydroxylation is 2. The number of nitrogens with zero attached hydrogens (tertiary/aromatic N) is 8. The number of halogens is 4. The number of fused-ring (bicyclic) bond motifs is 2. The number of nitrogens with two attached hydrogens (primary N) is 1. The van der Waals surface area contributed by atoms with E-state index >= 15 is 8.78 Å². The van der Waals surface area contributed by atoms with Crippen molar-refractivity contribution in [3.8, 4) is 45.4 Å². The largest absolute Gasteiger partial charge is 0.368 e. The second-order valence-electron chi connectivity index (χ2n) is 15.9. The maximum atomic E-state index is 15.8. The Bertz CT molecular complexity index is 3410. The lowest BCUT2D eigenvalue weighted by molar-refractivity contribution is -0.109. The molecule has 352 valence electrons. The molecule has 0 aliphatic carbocycles. The van der Waals surface area contributed by atoms with Gasteiger partial charge in [-0.1, -0.05) is 30.2 Å². The van der Waals surface area contributed by atoms with Gasteiger partial charge in [0.25, 0.3) is 0 Å². The quantitative estimate of drug-likeness (QED) is 0.0330. The number of aromatic nitrogens is 10. The molecule has 0 fully saturated rings. The average molecular weight is 942 g/mol. The normalized spacial score (nSPS) is 13.1. The molecule has 7 aromatic heterocycles. The average Bonchev–Trinajstić information content (AvgIpc) is 4.17. The number of hydrogen-bond acceptors (Lipinski definition) is 12. The number of anilines is 1. The number of ketones is 1. The van der Waals surface area contributed by atoms with Crippen molar-refractivity contribution in [1.29, 1.82) is 0 Å². The summed E-state index contributed by atoms with van der Waals surface area (Å²) < 4.78 is 83.9. The Morgan fingerprint density at radius 1 is 0.725 bits per heavy atom. The lowest BCUT2D eigenvalue weighted by Gasteiger charge is -2.30. The molecule has 0 bridgehead atoms. The molecule has 16 nitrogen and oxygen atoms in total. The molecule has 0 saturated heterocycles. The molecular formula is C49H43F4N11O5. The number of methoxy groups -OCH3 is 2. The van der Waals surface area contributed by atoms with Crippen molar-refractivity contribution < 1.29 is 41.3 Å². The summed E-state index contributed by atoms with van der Waals surface area (Å²) in [5.74, 6) is 2.57. The summed E-state index contributed by atoms with van der Waals surface area (Å²) in [6, 6.07) is 13.3. The minimum absolute atomic E-state index is 0.0286. The number of aromatic amines is 2. The molecular weight excluding hydrogens is 899 g/mol. The number of benzene rings is 2. The summed E-state index contributed by atoms with van der Waals surface area (Å²) >= 11 is 0. The second-order valence-corrected chi connectivity index (χ2v) is 15.9. The summed E-state index contributed by atoms with van der Waals surface area (Å²) in [6.07, 6.45) is 12.2. The molecule has 9 aromatic rings. The molecule has 0 saturated carbocycles. The SMILES string of the molecule is COCOC(C)(C#CC(=O)c1c[nH]c2ncc(-c3cnn(C)c3)c(F)c12)c1cccc(F)c1.COCOC(C)(c1cccc(F)c1)c1cc(-c2c[nH]c3ncc(-c4cnn(C)c4)c(F)c23)nc(N)n1. The van der Waals surface area contributed by atoms with E-state index in [0.29, 0.717) is 50.4 Å². The highest BCUT2D eigenvalue weighted by Gasteiger charge is 2.34. The molecule has 9 rings (SSSR count). The van der Waals surface area contributed by atoms with Gasteiger partial charge >= 0.3 is 0 Å². The smallest absolute Gasteiger partial charge is 0.238 e. The second kappa shape index (κ2) is 19.6. The first-order valence-corrected chi connectivity index (χ1v) is 20.9. The molecule has 0 amide bonds. The van der Waals surface area contributed by atoms with E-state index in [1.165, 1.54) is 69.3 Å². The molecule has 0 aliphatic rings. The fourth-order valence-corrected chi connectivity index (χ4v) is 7.53. The van der Waals surface area contributed by atoms with Crippen LogP contribution >= 0.6 is 0 Å². The van der Waals surface area contributed by atoms with Crippen LogP contribution in [-0.2, 0) is 44.2 Å². The Hall–Kier alpha value is -8.09. The monoisotopic (exact) mass is 941 g/mol. The Morgan fingerprint density at radius 2 is 1.29 bits per heavy atom. The lowest BCUT2D eigenvalue weighted by Crippen LogP contribution is -2.30. The molecule has 0 aliphatic heterocycles. The van der Waals surface area contributed by atoms with Crippen LogP contribution < -0.4 is 5.73 Å². The van der Waals surface area contributed by atoms with Crippen molar-refractivity contribution in [3.63, 3.8) is 0 Å². The van der Waals surface area contributed by atoms with Crippen LogP contribution in [0.1, 0.15) is 41.0 Å². The van der Waals surface area contributed by atoms with Gasteiger partial charge in [-0.2, -0.15) is 10.2 Å². The molecule has 2 unspecified atom stereocenters. The summed E-state index contributed by atoms with van der Waals surface area (Å²) in [7, 11) is 6.39. The number of nitrogen functional groups attached to an aromatic ring is 1. The predicted molar refractivity (Wildman–Crippen MR) is 247 cm³/mol. The minimum atomic E-state index is -1.34. The minimum Gasteiger partial charge on any atom is -0.368 e. The Kier molecular flexibility index (Phi) is 13.5. The highest BCUT2D eigenvalue weighted by molar-refractivity contribution is 6.16. The van der Waals surface area contributed by atoms with Crippen molar-refractivity contribution in [2.45, 2.75) is 25.0 Å². The number of H-pyrrole nitrogens is 2. The van der Waals surface area contributed by atoms with Crippen molar-refractivity contribution in [2.75, 3.05) is 33.5 Å². The number of carbonyl (C=O) groups is 1. The van der Waals surface area contributed by atoms with Crippen LogP contribution in [0.3, 0.4) is 0 Å². The molecule has 0 radical (unpaired) electrons. The third-order valence-corrected chi connectivity index (χ3v) is 11.2. The van der Waals surface area contributed by atoms with E-state index in [2.05, 4.69) is 51.9 Å². The van der Waals surface area contributed by atoms with Crippen LogP contribution in [0.15, 0.2) is 104 Å². The van der Waals surface area contributed by atoms with Crippen molar-refractivity contribution in [2.24, 2.45) is 14.1 Å². The van der Waals surface area contributed by atoms with Gasteiger partial charge in [0.15, 0.2) is 5.60 Å². The first kappa shape index (κ1) is 47.4. The van der Waals surface area contributed by atoms with Gasteiger partial charge in [-0.05, 0) is 61.2 Å². The van der Waals surface area contributed by atoms with E-state index in [-0.39, 0.29) is 47.1 Å². The van der Waals surface area contributed by atoms with E-state index < -0.39 is 40.3 Å². The predicted octanol–water partition coefficient (Wildman–Crippen LogP) is 8.13. The lowest BCUT2D eigenvalue weighted by atomic mass is 9.91. The number of rotatable bonds is 13. The zero-order chi connectivity index (χ0) is 49.0. The number of ether oxygens (including phenoxy) is 4. The first-order valence-electron chi connectivity index (χ1n) is 20.9. The Balaban J connectivity index is 0.000000187. The van der Waals surface area contributed by atoms with E-state index in [1.54, 1.807) is 86.4 Å². The van der Waals surface area contributed by atoms with E-state index in [0.717, 1.165) is 0 Å². The topological polar surface area (TPSA) is 199 Å². The highest BCUT2D eigenvalue weighted by atomic mass is 19.1. The standard InChI is InChI=1S/C25H23F2N7O2.C24H20F2N4O3/c1-25(36-13-35-3,15-5-4-6-16(26)7-15)20-8-19(32-24(28)33-20)18-11-30-23-21(18)22(27)17(10-29-23)14-9-31-34(2)12-14;1-24(33-14-32-3,16-5-4-6-17(25)9-16)8-7-20(31)19-12-28-23-21(19)22(26)18(11-27-23)15-10-29-30(2)13-15/h4-12H,13H2,1-3H3,(H,29,30)(H2,28,32,33);4-6,9-13H,14H2,1-3H3,(H,27,28). The van der Waals surface area contributed by atoms with Gasteiger partial charge in [0.2, 0.25) is 11.7 Å². The van der Waals surface area contributed by atoms with Gasteiger partial charge in [0.05, 0.1) is 40.1 Å². The van der Waals surface area contributed by atoms with E-state index in [1.807, 2.05) is 0 Å². The van der Waals surface area contributed by atoms with Crippen LogP contribution in [0.4, 0.5) is 23.5 Å². The summed E-state index contributed by atoms with van der Waals surface area (Å²) in [6.45, 7) is 3.10. The van der Waals surface area contributed by atoms with Crippen molar-refractivity contribution in [3.05, 3.63) is 150 Å². The van der Waals surface area contributed by atoms with E-state index in [9.17, 15) is 13.6 Å². The maximum absolute atomic E-state index is 15.8. The van der Waals surface area contributed by atoms with Crippen LogP contribution in [0.2, 0.25) is 0 Å². The van der Waals surface area contributed by atoms with Crippen LogP contribution in [0.5, 0.6) is 0 Å².